The Morgan fingerprint density at radius 1 is 1.31 bits per heavy atom. The summed E-state index contributed by atoms with van der Waals surface area (Å²) in [5.74, 6) is 0. The monoisotopic (exact) mass is 241 g/mol. The number of rotatable bonds is 2. The Bertz CT molecular complexity index is 388. The standard InChI is InChI=1S/C8H8F5N3/c9-7(10)5-3(1-14)4(15)2-16-6(5)8(11,12)13/h2,7H,1,14-15H2. The Morgan fingerprint density at radius 2 is 1.88 bits per heavy atom. The molecule has 0 radical (unpaired) electrons. The number of halogens is 5. The van der Waals surface area contributed by atoms with Crippen molar-refractivity contribution in [2.45, 2.75) is 19.1 Å². The van der Waals surface area contributed by atoms with Crippen molar-refractivity contribution in [2.24, 2.45) is 5.73 Å². The lowest BCUT2D eigenvalue weighted by atomic mass is 10.0. The highest BCUT2D eigenvalue weighted by molar-refractivity contribution is 5.51. The fourth-order valence-corrected chi connectivity index (χ4v) is 1.27. The topological polar surface area (TPSA) is 64.9 Å². The van der Waals surface area contributed by atoms with E-state index in [0.717, 1.165) is 0 Å². The molecule has 4 N–H and O–H groups in total. The summed E-state index contributed by atoms with van der Waals surface area (Å²) >= 11 is 0. The van der Waals surface area contributed by atoms with E-state index in [1.807, 2.05) is 0 Å². The molecule has 0 saturated carbocycles. The Morgan fingerprint density at radius 3 is 2.25 bits per heavy atom. The van der Waals surface area contributed by atoms with E-state index in [2.05, 4.69) is 4.98 Å². The third kappa shape index (κ3) is 2.21. The van der Waals surface area contributed by atoms with Crippen LogP contribution in [0.5, 0.6) is 0 Å². The molecule has 16 heavy (non-hydrogen) atoms. The van der Waals surface area contributed by atoms with Crippen LogP contribution in [0.1, 0.15) is 23.2 Å². The third-order valence-corrected chi connectivity index (χ3v) is 1.95. The van der Waals surface area contributed by atoms with E-state index in [0.29, 0.717) is 6.20 Å². The van der Waals surface area contributed by atoms with Crippen molar-refractivity contribution in [3.63, 3.8) is 0 Å². The number of alkyl halides is 5. The number of pyridine rings is 1. The van der Waals surface area contributed by atoms with Gasteiger partial charge in [0.2, 0.25) is 0 Å². The third-order valence-electron chi connectivity index (χ3n) is 1.95. The minimum Gasteiger partial charge on any atom is -0.397 e. The SMILES string of the molecule is NCc1c(N)cnc(C(F)(F)F)c1C(F)F. The van der Waals surface area contributed by atoms with E-state index in [1.165, 1.54) is 0 Å². The van der Waals surface area contributed by atoms with Crippen LogP contribution in [0.15, 0.2) is 6.20 Å². The lowest BCUT2D eigenvalue weighted by Crippen LogP contribution is -2.17. The van der Waals surface area contributed by atoms with E-state index in [9.17, 15) is 22.0 Å². The van der Waals surface area contributed by atoms with Crippen molar-refractivity contribution in [3.05, 3.63) is 23.0 Å². The highest BCUT2D eigenvalue weighted by Gasteiger charge is 2.39. The van der Waals surface area contributed by atoms with Gasteiger partial charge in [0.05, 0.1) is 17.4 Å². The molecule has 0 atom stereocenters. The van der Waals surface area contributed by atoms with Gasteiger partial charge in [-0.3, -0.25) is 0 Å². The lowest BCUT2D eigenvalue weighted by molar-refractivity contribution is -0.143. The van der Waals surface area contributed by atoms with E-state index >= 15 is 0 Å². The first-order valence-corrected chi connectivity index (χ1v) is 4.11. The number of anilines is 1. The first-order chi connectivity index (χ1) is 7.29. The summed E-state index contributed by atoms with van der Waals surface area (Å²) in [5.41, 5.74) is 6.76. The molecule has 1 rings (SSSR count). The number of nitrogen functional groups attached to an aromatic ring is 1. The Labute approximate surface area is 87.3 Å². The van der Waals surface area contributed by atoms with Crippen molar-refractivity contribution < 1.29 is 22.0 Å². The molecule has 0 aliphatic rings. The number of nitrogens with two attached hydrogens (primary N) is 2. The molecular formula is C8H8F5N3. The van der Waals surface area contributed by atoms with Crippen LogP contribution in [0.25, 0.3) is 0 Å². The maximum atomic E-state index is 12.5. The van der Waals surface area contributed by atoms with Gasteiger partial charge in [0.25, 0.3) is 6.43 Å². The minimum atomic E-state index is -4.95. The lowest BCUT2D eigenvalue weighted by Gasteiger charge is -2.16. The highest BCUT2D eigenvalue weighted by atomic mass is 19.4. The van der Waals surface area contributed by atoms with Gasteiger partial charge in [-0.15, -0.1) is 0 Å². The van der Waals surface area contributed by atoms with Crippen molar-refractivity contribution in [2.75, 3.05) is 5.73 Å². The van der Waals surface area contributed by atoms with Gasteiger partial charge in [0.1, 0.15) is 0 Å². The maximum Gasteiger partial charge on any atom is 0.433 e. The van der Waals surface area contributed by atoms with Crippen molar-refractivity contribution in [3.8, 4) is 0 Å². The van der Waals surface area contributed by atoms with Crippen LogP contribution in [0.4, 0.5) is 27.6 Å². The predicted molar refractivity (Wildman–Crippen MR) is 46.5 cm³/mol. The molecule has 0 aliphatic carbocycles. The summed E-state index contributed by atoms with van der Waals surface area (Å²) in [7, 11) is 0. The van der Waals surface area contributed by atoms with Gasteiger partial charge in [-0.25, -0.2) is 13.8 Å². The molecule has 1 aromatic rings. The van der Waals surface area contributed by atoms with Crippen LogP contribution in [-0.4, -0.2) is 4.98 Å². The molecule has 0 unspecified atom stereocenters. The maximum absolute atomic E-state index is 12.5. The first-order valence-electron chi connectivity index (χ1n) is 4.11. The number of nitrogens with zero attached hydrogens (tertiary/aromatic N) is 1. The predicted octanol–water partition coefficient (Wildman–Crippen LogP) is 2.08. The number of hydrogen-bond acceptors (Lipinski definition) is 3. The molecule has 0 fully saturated rings. The fourth-order valence-electron chi connectivity index (χ4n) is 1.27. The van der Waals surface area contributed by atoms with Gasteiger partial charge < -0.3 is 11.5 Å². The van der Waals surface area contributed by atoms with Crippen molar-refractivity contribution in [1.82, 2.24) is 4.98 Å². The Hall–Kier alpha value is -1.44. The molecule has 0 spiro atoms. The van der Waals surface area contributed by atoms with E-state index in [4.69, 9.17) is 11.5 Å². The Balaban J connectivity index is 3.52. The minimum absolute atomic E-state index is 0.272. The molecular weight excluding hydrogens is 233 g/mol. The zero-order valence-corrected chi connectivity index (χ0v) is 7.85. The fraction of sp³-hybridized carbons (Fsp3) is 0.375. The molecule has 0 saturated heterocycles. The van der Waals surface area contributed by atoms with Gasteiger partial charge in [0.15, 0.2) is 5.69 Å². The van der Waals surface area contributed by atoms with E-state index in [-0.39, 0.29) is 5.69 Å². The highest BCUT2D eigenvalue weighted by Crippen LogP contribution is 2.38. The van der Waals surface area contributed by atoms with Gasteiger partial charge in [-0.05, 0) is 0 Å². The quantitative estimate of drug-likeness (QED) is 0.779. The first kappa shape index (κ1) is 12.6. The number of aromatic nitrogens is 1. The summed E-state index contributed by atoms with van der Waals surface area (Å²) in [6.45, 7) is -0.503. The Kier molecular flexibility index (Phi) is 3.32. The molecule has 0 aromatic carbocycles. The largest absolute Gasteiger partial charge is 0.433 e. The normalized spacial score (nSPS) is 12.2. The molecule has 0 amide bonds. The summed E-state index contributed by atoms with van der Waals surface area (Å²) in [4.78, 5) is 2.89. The average Bonchev–Trinajstić information content (AvgIpc) is 2.14. The second-order valence-electron chi connectivity index (χ2n) is 2.96. The van der Waals surface area contributed by atoms with Gasteiger partial charge >= 0.3 is 6.18 Å². The zero-order chi connectivity index (χ0) is 12.5. The van der Waals surface area contributed by atoms with Gasteiger partial charge in [-0.1, -0.05) is 0 Å². The summed E-state index contributed by atoms with van der Waals surface area (Å²) in [6.07, 6.45) is -7.61. The second kappa shape index (κ2) is 4.20. The molecule has 1 heterocycles. The summed E-state index contributed by atoms with van der Waals surface area (Å²) < 4.78 is 62.2. The van der Waals surface area contributed by atoms with Gasteiger partial charge in [-0.2, -0.15) is 13.2 Å². The van der Waals surface area contributed by atoms with Crippen LogP contribution in [0.3, 0.4) is 0 Å². The molecule has 0 aliphatic heterocycles. The number of hydrogen-bond donors (Lipinski definition) is 2. The van der Waals surface area contributed by atoms with E-state index < -0.39 is 36.0 Å². The summed E-state index contributed by atoms with van der Waals surface area (Å²) in [5, 5.41) is 0. The average molecular weight is 241 g/mol. The van der Waals surface area contributed by atoms with Crippen LogP contribution in [-0.2, 0) is 12.7 Å². The van der Waals surface area contributed by atoms with Crippen molar-refractivity contribution in [1.29, 1.82) is 0 Å². The van der Waals surface area contributed by atoms with Crippen LogP contribution >= 0.6 is 0 Å². The van der Waals surface area contributed by atoms with Crippen LogP contribution in [0.2, 0.25) is 0 Å². The molecule has 8 heteroatoms. The van der Waals surface area contributed by atoms with Gasteiger partial charge in [0, 0.05) is 12.1 Å². The molecule has 1 aromatic heterocycles. The smallest absolute Gasteiger partial charge is 0.397 e. The molecule has 90 valence electrons. The molecule has 3 nitrogen and oxygen atoms in total. The zero-order valence-electron chi connectivity index (χ0n) is 7.85. The summed E-state index contributed by atoms with van der Waals surface area (Å²) in [6, 6.07) is 0. The molecule has 0 bridgehead atoms. The van der Waals surface area contributed by atoms with Crippen molar-refractivity contribution >= 4 is 5.69 Å². The van der Waals surface area contributed by atoms with Crippen LogP contribution in [0, 0.1) is 0 Å². The van der Waals surface area contributed by atoms with E-state index in [1.54, 1.807) is 0 Å². The second-order valence-corrected chi connectivity index (χ2v) is 2.96. The van der Waals surface area contributed by atoms with Crippen LogP contribution < -0.4 is 11.5 Å².